The fraction of sp³-hybridized carbons (Fsp3) is 0.227. The number of hydrogen-bond donors (Lipinski definition) is 0. The molecule has 0 saturated carbocycles. The third-order valence-corrected chi connectivity index (χ3v) is 6.12. The van der Waals surface area contributed by atoms with Crippen LogP contribution >= 0.6 is 11.3 Å². The van der Waals surface area contributed by atoms with Gasteiger partial charge in [0.15, 0.2) is 11.5 Å². The molecule has 2 atom stereocenters. The van der Waals surface area contributed by atoms with E-state index in [0.29, 0.717) is 11.5 Å². The minimum Gasteiger partial charge on any atom is -0.493 e. The summed E-state index contributed by atoms with van der Waals surface area (Å²) in [6, 6.07) is 18.5. The van der Waals surface area contributed by atoms with Crippen LogP contribution < -0.4 is 14.2 Å². The van der Waals surface area contributed by atoms with E-state index in [0.717, 1.165) is 23.4 Å². The molecule has 0 amide bonds. The first kappa shape index (κ1) is 17.1. The molecule has 0 fully saturated rings. The van der Waals surface area contributed by atoms with Crippen molar-refractivity contribution in [2.45, 2.75) is 18.7 Å². The molecule has 0 bridgehead atoms. The van der Waals surface area contributed by atoms with Gasteiger partial charge in [0.1, 0.15) is 5.75 Å². The number of hydrazone groups is 1. The molecule has 2 aliphatic heterocycles. The van der Waals surface area contributed by atoms with E-state index in [2.05, 4.69) is 34.7 Å². The van der Waals surface area contributed by atoms with Crippen LogP contribution in [0.3, 0.4) is 0 Å². The molecular formula is C22H20N2O3S. The Morgan fingerprint density at radius 2 is 1.89 bits per heavy atom. The summed E-state index contributed by atoms with van der Waals surface area (Å²) < 4.78 is 17.3. The number of methoxy groups -OCH3 is 2. The summed E-state index contributed by atoms with van der Waals surface area (Å²) in [6.07, 6.45) is 0.544. The number of thiophene rings is 1. The van der Waals surface area contributed by atoms with E-state index in [1.54, 1.807) is 25.6 Å². The monoisotopic (exact) mass is 392 g/mol. The van der Waals surface area contributed by atoms with Gasteiger partial charge in [-0.05, 0) is 35.7 Å². The average molecular weight is 392 g/mol. The van der Waals surface area contributed by atoms with Crippen LogP contribution in [0, 0.1) is 0 Å². The van der Waals surface area contributed by atoms with Gasteiger partial charge in [-0.15, -0.1) is 11.3 Å². The van der Waals surface area contributed by atoms with Crippen molar-refractivity contribution in [3.8, 4) is 17.2 Å². The molecule has 5 nitrogen and oxygen atoms in total. The number of ether oxygens (including phenoxy) is 3. The first-order chi connectivity index (χ1) is 13.8. The Kier molecular flexibility index (Phi) is 4.20. The number of para-hydroxylation sites is 1. The predicted octanol–water partition coefficient (Wildman–Crippen LogP) is 5.01. The second-order valence-corrected chi connectivity index (χ2v) is 7.69. The maximum atomic E-state index is 6.40. The van der Waals surface area contributed by atoms with Crippen molar-refractivity contribution in [1.82, 2.24) is 5.01 Å². The van der Waals surface area contributed by atoms with Crippen LogP contribution in [0.4, 0.5) is 0 Å². The quantitative estimate of drug-likeness (QED) is 0.626. The van der Waals surface area contributed by atoms with Crippen molar-refractivity contribution in [3.63, 3.8) is 0 Å². The molecule has 6 heteroatoms. The van der Waals surface area contributed by atoms with Crippen LogP contribution in [0.1, 0.15) is 34.7 Å². The van der Waals surface area contributed by atoms with Gasteiger partial charge in [0.2, 0.25) is 6.23 Å². The van der Waals surface area contributed by atoms with Crippen LogP contribution in [0.5, 0.6) is 17.2 Å². The molecule has 3 aromatic rings. The average Bonchev–Trinajstić information content (AvgIpc) is 3.42. The Morgan fingerprint density at radius 1 is 1.04 bits per heavy atom. The van der Waals surface area contributed by atoms with Gasteiger partial charge >= 0.3 is 0 Å². The molecule has 3 heterocycles. The molecule has 2 unspecified atom stereocenters. The van der Waals surface area contributed by atoms with E-state index >= 15 is 0 Å². The van der Waals surface area contributed by atoms with E-state index in [4.69, 9.17) is 19.3 Å². The second kappa shape index (κ2) is 6.87. The molecule has 28 heavy (non-hydrogen) atoms. The second-order valence-electron chi connectivity index (χ2n) is 6.75. The third-order valence-electron chi connectivity index (χ3n) is 5.20. The first-order valence-corrected chi connectivity index (χ1v) is 10.0. The van der Waals surface area contributed by atoms with Crippen LogP contribution in [0.2, 0.25) is 0 Å². The van der Waals surface area contributed by atoms with E-state index < -0.39 is 0 Å². The largest absolute Gasteiger partial charge is 0.493 e. The number of hydrogen-bond acceptors (Lipinski definition) is 6. The molecule has 142 valence electrons. The number of benzene rings is 2. The summed E-state index contributed by atoms with van der Waals surface area (Å²) in [4.78, 5) is 1.21. The highest BCUT2D eigenvalue weighted by atomic mass is 32.1. The summed E-state index contributed by atoms with van der Waals surface area (Å²) in [5.74, 6) is 2.29. The number of rotatable bonds is 4. The molecule has 5 rings (SSSR count). The lowest BCUT2D eigenvalue weighted by atomic mass is 9.97. The number of nitrogens with zero attached hydrogens (tertiary/aromatic N) is 2. The smallest absolute Gasteiger partial charge is 0.214 e. The van der Waals surface area contributed by atoms with Gasteiger partial charge in [-0.1, -0.05) is 24.3 Å². The van der Waals surface area contributed by atoms with Crippen molar-refractivity contribution >= 4 is 17.0 Å². The summed E-state index contributed by atoms with van der Waals surface area (Å²) in [7, 11) is 3.28. The molecule has 2 aliphatic rings. The van der Waals surface area contributed by atoms with Gasteiger partial charge in [0.25, 0.3) is 0 Å². The minimum absolute atomic E-state index is 0.153. The van der Waals surface area contributed by atoms with Crippen LogP contribution in [0.15, 0.2) is 65.1 Å². The lowest BCUT2D eigenvalue weighted by Gasteiger charge is -2.38. The predicted molar refractivity (Wildman–Crippen MR) is 109 cm³/mol. The van der Waals surface area contributed by atoms with Crippen molar-refractivity contribution in [3.05, 3.63) is 76.0 Å². The number of fused-ring (bicyclic) bond motifs is 3. The SMILES string of the molecule is COc1ccc(C2Oc3ccccc3C3CC(c4cccs4)=NN32)cc1OC. The molecule has 0 radical (unpaired) electrons. The van der Waals surface area contributed by atoms with Gasteiger partial charge in [-0.2, -0.15) is 5.10 Å². The summed E-state index contributed by atoms with van der Waals surface area (Å²) in [6.45, 7) is 0. The third kappa shape index (κ3) is 2.72. The van der Waals surface area contributed by atoms with Crippen molar-refractivity contribution in [2.24, 2.45) is 5.10 Å². The Bertz CT molecular complexity index is 1030. The van der Waals surface area contributed by atoms with E-state index in [1.807, 2.05) is 30.3 Å². The van der Waals surface area contributed by atoms with Gasteiger partial charge in [-0.25, -0.2) is 5.01 Å². The zero-order valence-electron chi connectivity index (χ0n) is 15.7. The van der Waals surface area contributed by atoms with Crippen molar-refractivity contribution in [2.75, 3.05) is 14.2 Å². The van der Waals surface area contributed by atoms with Gasteiger partial charge in [-0.3, -0.25) is 0 Å². The molecule has 1 aromatic heterocycles. The Hall–Kier alpha value is -2.99. The lowest BCUT2D eigenvalue weighted by Crippen LogP contribution is -2.33. The van der Waals surface area contributed by atoms with Crippen molar-refractivity contribution in [1.29, 1.82) is 0 Å². The fourth-order valence-electron chi connectivity index (χ4n) is 3.85. The lowest BCUT2D eigenvalue weighted by molar-refractivity contribution is -0.0191. The van der Waals surface area contributed by atoms with Crippen molar-refractivity contribution < 1.29 is 14.2 Å². The van der Waals surface area contributed by atoms with Crippen LogP contribution in [0.25, 0.3) is 0 Å². The van der Waals surface area contributed by atoms with Gasteiger partial charge < -0.3 is 14.2 Å². The minimum atomic E-state index is -0.322. The highest BCUT2D eigenvalue weighted by Crippen LogP contribution is 2.48. The maximum Gasteiger partial charge on any atom is 0.214 e. The Morgan fingerprint density at radius 3 is 2.68 bits per heavy atom. The van der Waals surface area contributed by atoms with E-state index in [9.17, 15) is 0 Å². The fourth-order valence-corrected chi connectivity index (χ4v) is 4.57. The van der Waals surface area contributed by atoms with Gasteiger partial charge in [0.05, 0.1) is 30.9 Å². The molecule has 0 N–H and O–H groups in total. The normalized spacial score (nSPS) is 20.1. The zero-order valence-corrected chi connectivity index (χ0v) is 16.5. The maximum absolute atomic E-state index is 6.40. The van der Waals surface area contributed by atoms with E-state index in [-0.39, 0.29) is 12.3 Å². The van der Waals surface area contributed by atoms with Gasteiger partial charge in [0, 0.05) is 17.5 Å². The standard InChI is InChI=1S/C22H20N2O3S/c1-25-19-10-9-14(12-20(19)26-2)22-24-17(15-6-3-4-7-18(15)27-22)13-16(23-24)21-8-5-11-28-21/h3-12,17,22H,13H2,1-2H3. The summed E-state index contributed by atoms with van der Waals surface area (Å²) in [5.41, 5.74) is 3.26. The molecule has 0 aliphatic carbocycles. The highest BCUT2D eigenvalue weighted by molar-refractivity contribution is 7.12. The summed E-state index contributed by atoms with van der Waals surface area (Å²) >= 11 is 1.72. The summed E-state index contributed by atoms with van der Waals surface area (Å²) in [5, 5.41) is 9.14. The topological polar surface area (TPSA) is 43.3 Å². The van der Waals surface area contributed by atoms with Crippen LogP contribution in [-0.2, 0) is 0 Å². The first-order valence-electron chi connectivity index (χ1n) is 9.15. The van der Waals surface area contributed by atoms with E-state index in [1.165, 1.54) is 10.4 Å². The molecular weight excluding hydrogens is 372 g/mol. The Labute approximate surface area is 167 Å². The highest BCUT2D eigenvalue weighted by Gasteiger charge is 2.41. The molecule has 2 aromatic carbocycles. The molecule has 0 spiro atoms. The zero-order chi connectivity index (χ0) is 19.1. The molecule has 0 saturated heterocycles. The Balaban J connectivity index is 1.59. The van der Waals surface area contributed by atoms with Crippen LogP contribution in [-0.4, -0.2) is 24.9 Å².